The fourth-order valence-corrected chi connectivity index (χ4v) is 8.74. The van der Waals surface area contributed by atoms with Gasteiger partial charge >= 0.3 is 0 Å². The molecule has 12 aromatic rings. The maximum absolute atomic E-state index is 6.67. The Kier molecular flexibility index (Phi) is 8.75. The van der Waals surface area contributed by atoms with E-state index in [2.05, 4.69) is 194 Å². The summed E-state index contributed by atoms with van der Waals surface area (Å²) in [5, 5.41) is 5.40. The SMILES string of the molecule is c1ccc(-c2ccc(-c3nc(-c4ccc(-c5ccccc5)cc4)nc(-c4ccc(-c5cccc(-c6nc7ccc8ccccc8c7c7oc8ccccc8c67)c5)cc4)n3)cc2)cc1. The van der Waals surface area contributed by atoms with Gasteiger partial charge in [0.2, 0.25) is 0 Å². The van der Waals surface area contributed by atoms with Crippen molar-refractivity contribution in [2.45, 2.75) is 0 Å². The molecule has 0 atom stereocenters. The van der Waals surface area contributed by atoms with Gasteiger partial charge in [-0.15, -0.1) is 0 Å². The number of aromatic nitrogens is 4. The van der Waals surface area contributed by atoms with Crippen molar-refractivity contribution in [3.8, 4) is 78.8 Å². The second-order valence-electron chi connectivity index (χ2n) is 15.8. The second-order valence-corrected chi connectivity index (χ2v) is 15.8. The second kappa shape index (κ2) is 15.2. The zero-order valence-electron chi connectivity index (χ0n) is 34.0. The Labute approximate surface area is 363 Å². The Hall–Kier alpha value is -8.54. The summed E-state index contributed by atoms with van der Waals surface area (Å²) in [5.74, 6) is 1.84. The molecule has 0 unspecified atom stereocenters. The summed E-state index contributed by atoms with van der Waals surface area (Å²) in [7, 11) is 0. The average Bonchev–Trinajstić information content (AvgIpc) is 3.76. The van der Waals surface area contributed by atoms with E-state index in [-0.39, 0.29) is 0 Å². The highest BCUT2D eigenvalue weighted by atomic mass is 16.3. The van der Waals surface area contributed by atoms with Gasteiger partial charge in [0, 0.05) is 27.6 Å². The van der Waals surface area contributed by atoms with Crippen molar-refractivity contribution >= 4 is 43.6 Å². The van der Waals surface area contributed by atoms with Gasteiger partial charge in [0.15, 0.2) is 17.5 Å². The Bertz CT molecular complexity index is 3540. The molecule has 0 spiro atoms. The molecule has 294 valence electrons. The predicted octanol–water partition coefficient (Wildman–Crippen LogP) is 15.1. The van der Waals surface area contributed by atoms with Gasteiger partial charge in [-0.25, -0.2) is 19.9 Å². The monoisotopic (exact) mass is 804 g/mol. The summed E-state index contributed by atoms with van der Waals surface area (Å²) < 4.78 is 6.67. The van der Waals surface area contributed by atoms with E-state index in [1.165, 1.54) is 0 Å². The summed E-state index contributed by atoms with van der Waals surface area (Å²) in [6, 6.07) is 75.7. The molecule has 12 rings (SSSR count). The molecule has 5 nitrogen and oxygen atoms in total. The molecule has 0 bridgehead atoms. The standard InChI is InChI=1S/C58H36N4O/c1-3-12-37(13-4-1)39-22-28-43(29-23-39)56-60-57(44-30-24-40(25-31-44)38-14-5-2-6-15-38)62-58(61-56)45-32-26-41(27-33-45)46-17-11-18-47(36-46)54-53-49-20-9-10-21-51(49)63-55(53)52-48-19-8-7-16-42(48)34-35-50(52)59-54/h1-36H. The van der Waals surface area contributed by atoms with Crippen molar-refractivity contribution in [3.63, 3.8) is 0 Å². The molecule has 3 heterocycles. The Balaban J connectivity index is 0.931. The van der Waals surface area contributed by atoms with Crippen molar-refractivity contribution in [1.29, 1.82) is 0 Å². The van der Waals surface area contributed by atoms with Gasteiger partial charge in [0.1, 0.15) is 11.2 Å². The van der Waals surface area contributed by atoms with Crippen LogP contribution in [0.25, 0.3) is 122 Å². The molecule has 0 aliphatic heterocycles. The van der Waals surface area contributed by atoms with E-state index in [0.29, 0.717) is 17.5 Å². The largest absolute Gasteiger partial charge is 0.455 e. The maximum Gasteiger partial charge on any atom is 0.164 e. The smallest absolute Gasteiger partial charge is 0.164 e. The number of pyridine rings is 1. The highest BCUT2D eigenvalue weighted by Crippen LogP contribution is 2.42. The lowest BCUT2D eigenvalue weighted by Crippen LogP contribution is -2.00. The van der Waals surface area contributed by atoms with E-state index in [1.807, 2.05) is 24.3 Å². The number of benzene rings is 9. The lowest BCUT2D eigenvalue weighted by Gasteiger charge is -2.11. The number of hydrogen-bond acceptors (Lipinski definition) is 5. The zero-order chi connectivity index (χ0) is 41.7. The first-order chi connectivity index (χ1) is 31.2. The molecule has 0 saturated heterocycles. The number of rotatable bonds is 7. The van der Waals surface area contributed by atoms with Crippen molar-refractivity contribution < 1.29 is 4.42 Å². The zero-order valence-corrected chi connectivity index (χ0v) is 34.0. The molecular weight excluding hydrogens is 769 g/mol. The van der Waals surface area contributed by atoms with Gasteiger partial charge in [0.05, 0.1) is 22.0 Å². The van der Waals surface area contributed by atoms with Crippen LogP contribution in [0, 0.1) is 0 Å². The number of para-hydroxylation sites is 1. The van der Waals surface area contributed by atoms with Crippen LogP contribution in [0.3, 0.4) is 0 Å². The molecule has 9 aromatic carbocycles. The lowest BCUT2D eigenvalue weighted by atomic mass is 9.96. The van der Waals surface area contributed by atoms with Crippen LogP contribution < -0.4 is 0 Å². The van der Waals surface area contributed by atoms with Gasteiger partial charge in [-0.05, 0) is 62.4 Å². The first kappa shape index (κ1) is 36.3. The third kappa shape index (κ3) is 6.60. The van der Waals surface area contributed by atoms with Crippen LogP contribution in [0.1, 0.15) is 0 Å². The van der Waals surface area contributed by atoms with Crippen LogP contribution in [0.2, 0.25) is 0 Å². The van der Waals surface area contributed by atoms with Gasteiger partial charge in [-0.1, -0.05) is 200 Å². The van der Waals surface area contributed by atoms with Gasteiger partial charge in [-0.2, -0.15) is 0 Å². The van der Waals surface area contributed by atoms with Crippen LogP contribution in [0.4, 0.5) is 0 Å². The Morgan fingerprint density at radius 2 is 0.730 bits per heavy atom. The van der Waals surface area contributed by atoms with E-state index < -0.39 is 0 Å². The fourth-order valence-electron chi connectivity index (χ4n) is 8.74. The summed E-state index contributed by atoms with van der Waals surface area (Å²) in [4.78, 5) is 20.6. The molecule has 0 aliphatic rings. The lowest BCUT2D eigenvalue weighted by molar-refractivity contribution is 0.673. The molecule has 3 aromatic heterocycles. The molecule has 0 amide bonds. The number of nitrogens with zero attached hydrogens (tertiary/aromatic N) is 4. The third-order valence-corrected chi connectivity index (χ3v) is 11.9. The molecule has 0 saturated carbocycles. The summed E-state index contributed by atoms with van der Waals surface area (Å²) in [5.41, 5.74) is 14.0. The minimum absolute atomic E-state index is 0.608. The molecule has 0 radical (unpaired) electrons. The van der Waals surface area contributed by atoms with Gasteiger partial charge < -0.3 is 4.42 Å². The molecule has 0 N–H and O–H groups in total. The van der Waals surface area contributed by atoms with E-state index >= 15 is 0 Å². The van der Waals surface area contributed by atoms with Crippen LogP contribution in [0.5, 0.6) is 0 Å². The number of hydrogen-bond donors (Lipinski definition) is 0. The number of furan rings is 1. The summed E-state index contributed by atoms with van der Waals surface area (Å²) in [6.45, 7) is 0. The first-order valence-electron chi connectivity index (χ1n) is 21.1. The minimum Gasteiger partial charge on any atom is -0.455 e. The topological polar surface area (TPSA) is 64.7 Å². The van der Waals surface area contributed by atoms with E-state index in [0.717, 1.165) is 105 Å². The van der Waals surface area contributed by atoms with Crippen LogP contribution in [-0.4, -0.2) is 19.9 Å². The van der Waals surface area contributed by atoms with Gasteiger partial charge in [-0.3, -0.25) is 0 Å². The molecular formula is C58H36N4O. The highest BCUT2D eigenvalue weighted by Gasteiger charge is 2.20. The molecule has 5 heteroatoms. The van der Waals surface area contributed by atoms with Gasteiger partial charge in [0.25, 0.3) is 0 Å². The average molecular weight is 805 g/mol. The summed E-state index contributed by atoms with van der Waals surface area (Å²) in [6.07, 6.45) is 0. The third-order valence-electron chi connectivity index (χ3n) is 11.9. The Morgan fingerprint density at radius 3 is 1.32 bits per heavy atom. The van der Waals surface area contributed by atoms with Crippen LogP contribution >= 0.6 is 0 Å². The predicted molar refractivity (Wildman–Crippen MR) is 258 cm³/mol. The van der Waals surface area contributed by atoms with E-state index in [4.69, 9.17) is 24.4 Å². The van der Waals surface area contributed by atoms with Crippen molar-refractivity contribution in [1.82, 2.24) is 19.9 Å². The first-order valence-corrected chi connectivity index (χ1v) is 21.1. The number of fused-ring (bicyclic) bond motifs is 7. The quantitative estimate of drug-likeness (QED) is 0.150. The molecule has 0 fully saturated rings. The normalized spacial score (nSPS) is 11.5. The van der Waals surface area contributed by atoms with Crippen molar-refractivity contribution in [3.05, 3.63) is 218 Å². The molecule has 63 heavy (non-hydrogen) atoms. The summed E-state index contributed by atoms with van der Waals surface area (Å²) >= 11 is 0. The van der Waals surface area contributed by atoms with Crippen LogP contribution in [0.15, 0.2) is 223 Å². The van der Waals surface area contributed by atoms with E-state index in [1.54, 1.807) is 0 Å². The van der Waals surface area contributed by atoms with Crippen molar-refractivity contribution in [2.75, 3.05) is 0 Å². The van der Waals surface area contributed by atoms with E-state index in [9.17, 15) is 0 Å². The maximum atomic E-state index is 6.67. The fraction of sp³-hybridized carbons (Fsp3) is 0. The molecule has 0 aliphatic carbocycles. The van der Waals surface area contributed by atoms with Crippen LogP contribution in [-0.2, 0) is 0 Å². The minimum atomic E-state index is 0.608. The Morgan fingerprint density at radius 1 is 0.286 bits per heavy atom. The highest BCUT2D eigenvalue weighted by molar-refractivity contribution is 6.25. The van der Waals surface area contributed by atoms with Crippen molar-refractivity contribution in [2.24, 2.45) is 0 Å².